The minimum absolute atomic E-state index is 0.0190. The fraction of sp³-hybridized carbons (Fsp3) is 0.0385. The summed E-state index contributed by atoms with van der Waals surface area (Å²) in [5.74, 6) is -0.232. The van der Waals surface area contributed by atoms with Gasteiger partial charge in [-0.2, -0.15) is 5.26 Å². The molecule has 1 amide bonds. The van der Waals surface area contributed by atoms with Gasteiger partial charge in [-0.25, -0.2) is 4.98 Å². The molecule has 0 aliphatic carbocycles. The van der Waals surface area contributed by atoms with Gasteiger partial charge in [0.25, 0.3) is 5.69 Å². The van der Waals surface area contributed by atoms with Crippen molar-refractivity contribution in [2.45, 2.75) is 5.03 Å². The summed E-state index contributed by atoms with van der Waals surface area (Å²) in [7, 11) is 0. The second kappa shape index (κ2) is 10.4. The fourth-order valence-electron chi connectivity index (χ4n) is 3.42. The number of rotatable bonds is 7. The van der Waals surface area contributed by atoms with Crippen LogP contribution in [0, 0.1) is 21.4 Å². The highest BCUT2D eigenvalue weighted by Crippen LogP contribution is 2.38. The van der Waals surface area contributed by atoms with Crippen LogP contribution < -0.4 is 5.32 Å². The lowest BCUT2D eigenvalue weighted by molar-refractivity contribution is -0.384. The van der Waals surface area contributed by atoms with E-state index in [1.807, 2.05) is 48.5 Å². The van der Waals surface area contributed by atoms with Crippen LogP contribution in [0.4, 0.5) is 11.4 Å². The van der Waals surface area contributed by atoms with Crippen molar-refractivity contribution in [1.82, 2.24) is 4.98 Å². The maximum atomic E-state index is 12.5. The van der Waals surface area contributed by atoms with Crippen LogP contribution >= 0.6 is 11.8 Å². The van der Waals surface area contributed by atoms with Gasteiger partial charge in [0.05, 0.1) is 27.5 Å². The smallest absolute Gasteiger partial charge is 0.277 e. The van der Waals surface area contributed by atoms with Crippen molar-refractivity contribution in [3.8, 4) is 28.5 Å². The molecule has 34 heavy (non-hydrogen) atoms. The van der Waals surface area contributed by atoms with Crippen molar-refractivity contribution in [2.75, 3.05) is 11.1 Å². The predicted octanol–water partition coefficient (Wildman–Crippen LogP) is 5.93. The summed E-state index contributed by atoms with van der Waals surface area (Å²) in [6.07, 6.45) is 0. The molecule has 0 aliphatic heterocycles. The first-order valence-corrected chi connectivity index (χ1v) is 11.3. The number of pyridine rings is 1. The Bertz CT molecular complexity index is 1390. The Hall–Kier alpha value is -4.48. The molecule has 4 aromatic rings. The molecule has 3 aromatic carbocycles. The molecule has 0 aliphatic rings. The number of aromatic nitrogens is 1. The number of para-hydroxylation sites is 2. The van der Waals surface area contributed by atoms with E-state index in [-0.39, 0.29) is 22.9 Å². The Morgan fingerprint density at radius 3 is 2.29 bits per heavy atom. The van der Waals surface area contributed by atoms with Crippen LogP contribution in [0.3, 0.4) is 0 Å². The minimum atomic E-state index is -0.473. The summed E-state index contributed by atoms with van der Waals surface area (Å²) in [5.41, 5.74) is 2.81. The van der Waals surface area contributed by atoms with E-state index in [2.05, 4.69) is 16.4 Å². The third kappa shape index (κ3) is 5.11. The maximum absolute atomic E-state index is 12.5. The highest BCUT2D eigenvalue weighted by atomic mass is 32.2. The maximum Gasteiger partial charge on any atom is 0.277 e. The summed E-state index contributed by atoms with van der Waals surface area (Å²) in [6, 6.07) is 28.5. The zero-order chi connectivity index (χ0) is 23.9. The van der Waals surface area contributed by atoms with E-state index in [0.29, 0.717) is 27.5 Å². The number of nitriles is 1. The number of carbonyl (C=O) groups is 1. The van der Waals surface area contributed by atoms with E-state index < -0.39 is 4.92 Å². The van der Waals surface area contributed by atoms with Crippen LogP contribution in [-0.2, 0) is 4.79 Å². The molecule has 4 rings (SSSR count). The number of amides is 1. The van der Waals surface area contributed by atoms with Gasteiger partial charge in [-0.1, -0.05) is 72.4 Å². The van der Waals surface area contributed by atoms with E-state index in [9.17, 15) is 20.2 Å². The molecule has 0 saturated heterocycles. The molecule has 0 radical (unpaired) electrons. The number of nitro benzene ring substituents is 1. The first kappa shape index (κ1) is 22.7. The van der Waals surface area contributed by atoms with Crippen LogP contribution in [0.15, 0.2) is 96.0 Å². The molecule has 0 spiro atoms. The zero-order valence-corrected chi connectivity index (χ0v) is 18.7. The SMILES string of the molecule is N#Cc1c(-c2ccccc2[N+](=O)[O-])cc(-c2ccccc2)nc1SCC(=O)Nc1ccccc1. The molecule has 1 N–H and O–H groups in total. The molecule has 0 saturated carbocycles. The van der Waals surface area contributed by atoms with Crippen molar-refractivity contribution in [2.24, 2.45) is 0 Å². The average molecular weight is 467 g/mol. The Balaban J connectivity index is 1.76. The normalized spacial score (nSPS) is 10.3. The number of nitro groups is 1. The van der Waals surface area contributed by atoms with Crippen molar-refractivity contribution in [1.29, 1.82) is 5.26 Å². The number of carbonyl (C=O) groups excluding carboxylic acids is 1. The molecule has 8 heteroatoms. The summed E-state index contributed by atoms with van der Waals surface area (Å²) in [5, 5.41) is 24.8. The van der Waals surface area contributed by atoms with E-state index >= 15 is 0 Å². The van der Waals surface area contributed by atoms with Crippen molar-refractivity contribution in [3.63, 3.8) is 0 Å². The summed E-state index contributed by atoms with van der Waals surface area (Å²) in [6.45, 7) is 0. The topological polar surface area (TPSA) is 109 Å². The van der Waals surface area contributed by atoms with Gasteiger partial charge < -0.3 is 5.32 Å². The van der Waals surface area contributed by atoms with E-state index in [1.165, 1.54) is 6.07 Å². The van der Waals surface area contributed by atoms with Crippen LogP contribution in [0.2, 0.25) is 0 Å². The second-order valence-electron chi connectivity index (χ2n) is 7.19. The number of thioether (sulfide) groups is 1. The number of hydrogen-bond acceptors (Lipinski definition) is 6. The average Bonchev–Trinajstić information content (AvgIpc) is 2.88. The molecule has 0 fully saturated rings. The molecular weight excluding hydrogens is 448 g/mol. The van der Waals surface area contributed by atoms with Gasteiger partial charge in [0.2, 0.25) is 5.91 Å². The molecular formula is C26H18N4O3S. The lowest BCUT2D eigenvalue weighted by Crippen LogP contribution is -2.14. The lowest BCUT2D eigenvalue weighted by atomic mass is 9.98. The Morgan fingerprint density at radius 1 is 0.971 bits per heavy atom. The van der Waals surface area contributed by atoms with Crippen LogP contribution in [0.1, 0.15) is 5.56 Å². The molecule has 7 nitrogen and oxygen atoms in total. The highest BCUT2D eigenvalue weighted by Gasteiger charge is 2.22. The quantitative estimate of drug-likeness (QED) is 0.205. The monoisotopic (exact) mass is 466 g/mol. The Morgan fingerprint density at radius 2 is 1.62 bits per heavy atom. The Kier molecular flexibility index (Phi) is 6.96. The number of anilines is 1. The van der Waals surface area contributed by atoms with Gasteiger partial charge in [0.15, 0.2) is 0 Å². The molecule has 166 valence electrons. The standard InChI is InChI=1S/C26H18N4O3S/c27-16-22-21(20-13-7-8-14-24(20)30(32)33)15-23(18-9-3-1-4-10-18)29-26(22)34-17-25(31)28-19-11-5-2-6-12-19/h1-15H,17H2,(H,28,31). The molecule has 1 aromatic heterocycles. The van der Waals surface area contributed by atoms with Crippen LogP contribution in [-0.4, -0.2) is 21.6 Å². The number of benzene rings is 3. The van der Waals surface area contributed by atoms with Gasteiger partial charge in [0, 0.05) is 22.9 Å². The number of nitrogens with zero attached hydrogens (tertiary/aromatic N) is 3. The first-order valence-electron chi connectivity index (χ1n) is 10.3. The Labute approximate surface area is 200 Å². The van der Waals surface area contributed by atoms with Crippen LogP contribution in [0.25, 0.3) is 22.4 Å². The third-order valence-corrected chi connectivity index (χ3v) is 5.93. The van der Waals surface area contributed by atoms with E-state index in [1.54, 1.807) is 36.4 Å². The van der Waals surface area contributed by atoms with Crippen LogP contribution in [0.5, 0.6) is 0 Å². The molecule has 0 atom stereocenters. The zero-order valence-electron chi connectivity index (χ0n) is 17.8. The van der Waals surface area contributed by atoms with Crippen molar-refractivity contribution >= 4 is 29.0 Å². The highest BCUT2D eigenvalue weighted by molar-refractivity contribution is 8.00. The second-order valence-corrected chi connectivity index (χ2v) is 8.15. The molecule has 0 bridgehead atoms. The van der Waals surface area contributed by atoms with E-state index in [0.717, 1.165) is 17.3 Å². The van der Waals surface area contributed by atoms with Crippen molar-refractivity contribution < 1.29 is 9.72 Å². The fourth-order valence-corrected chi connectivity index (χ4v) is 4.22. The van der Waals surface area contributed by atoms with Gasteiger partial charge >= 0.3 is 0 Å². The first-order chi connectivity index (χ1) is 16.6. The van der Waals surface area contributed by atoms with Gasteiger partial charge in [-0.05, 0) is 24.3 Å². The predicted molar refractivity (Wildman–Crippen MR) is 132 cm³/mol. The largest absolute Gasteiger partial charge is 0.325 e. The van der Waals surface area contributed by atoms with Gasteiger partial charge in [0.1, 0.15) is 11.1 Å². The van der Waals surface area contributed by atoms with Gasteiger partial charge in [-0.15, -0.1) is 0 Å². The summed E-state index contributed by atoms with van der Waals surface area (Å²) >= 11 is 1.12. The molecule has 1 heterocycles. The number of hydrogen-bond donors (Lipinski definition) is 1. The van der Waals surface area contributed by atoms with Crippen molar-refractivity contribution in [3.05, 3.63) is 107 Å². The van der Waals surface area contributed by atoms with Gasteiger partial charge in [-0.3, -0.25) is 14.9 Å². The lowest BCUT2D eigenvalue weighted by Gasteiger charge is -2.13. The summed E-state index contributed by atoms with van der Waals surface area (Å²) in [4.78, 5) is 28.3. The third-order valence-electron chi connectivity index (χ3n) is 4.96. The number of nitrogens with one attached hydrogen (secondary N) is 1. The van der Waals surface area contributed by atoms with E-state index in [4.69, 9.17) is 0 Å². The minimum Gasteiger partial charge on any atom is -0.325 e. The molecule has 0 unspecified atom stereocenters. The summed E-state index contributed by atoms with van der Waals surface area (Å²) < 4.78 is 0.